The normalized spacial score (nSPS) is 5.67. The zero-order valence-electron chi connectivity index (χ0n) is 4.23. The molecule has 0 bridgehead atoms. The zero-order chi connectivity index (χ0) is 5.41. The van der Waals surface area contributed by atoms with Crippen molar-refractivity contribution in [2.24, 2.45) is 0 Å². The van der Waals surface area contributed by atoms with Gasteiger partial charge in [-0.05, 0) is 12.5 Å². The summed E-state index contributed by atoms with van der Waals surface area (Å²) in [5.41, 5.74) is 0. The third-order valence-electron chi connectivity index (χ3n) is 0.167. The molecule has 0 aromatic heterocycles. The second kappa shape index (κ2) is 18.0. The molecule has 0 aliphatic carbocycles. The lowest BCUT2D eigenvalue weighted by atomic mass is 11.3. The molecule has 0 aliphatic heterocycles. The van der Waals surface area contributed by atoms with Gasteiger partial charge in [0.25, 0.3) is 0 Å². The maximum atomic E-state index is 3.00. The maximum absolute atomic E-state index is 3.00. The van der Waals surface area contributed by atoms with Crippen molar-refractivity contribution < 1.29 is 0 Å². The largest absolute Gasteiger partial charge is 0.106 e. The van der Waals surface area contributed by atoms with Crippen LogP contribution in [0.25, 0.3) is 0 Å². The van der Waals surface area contributed by atoms with Crippen LogP contribution in [0, 0.1) is 0 Å². The molecule has 0 nitrogen and oxygen atoms in total. The molecular weight excluding hydrogens is 112 g/mol. The molecule has 0 amide bonds. The van der Waals surface area contributed by atoms with Crippen LogP contribution in [0.3, 0.4) is 0 Å². The highest BCUT2D eigenvalue weighted by Gasteiger charge is 1.55. The summed E-state index contributed by atoms with van der Waals surface area (Å²) in [4.78, 5) is 0. The highest BCUT2D eigenvalue weighted by atomic mass is 33.1. The monoisotopic (exact) mass is 122 g/mol. The van der Waals surface area contributed by atoms with Crippen molar-refractivity contribution in [2.45, 2.75) is 0 Å². The molecule has 0 N–H and O–H groups in total. The first-order valence-corrected chi connectivity index (χ1v) is 4.45. The van der Waals surface area contributed by atoms with Crippen LogP contribution in [0.5, 0.6) is 0 Å². The average Bonchev–Trinajstić information content (AvgIpc) is 1.72. The Morgan fingerprint density at radius 2 is 1.17 bits per heavy atom. The molecule has 0 rings (SSSR count). The number of hydrogen-bond donors (Lipinski definition) is 0. The van der Waals surface area contributed by atoms with Crippen molar-refractivity contribution in [2.75, 3.05) is 12.5 Å². The summed E-state index contributed by atoms with van der Waals surface area (Å²) >= 11 is 0. The Labute approximate surface area is 47.8 Å². The van der Waals surface area contributed by atoms with Crippen LogP contribution < -0.4 is 0 Å². The molecule has 0 aromatic rings. The summed E-state index contributed by atoms with van der Waals surface area (Å²) in [5.74, 6) is 0. The van der Waals surface area contributed by atoms with E-state index in [1.807, 2.05) is 0 Å². The van der Waals surface area contributed by atoms with Gasteiger partial charge in [-0.1, -0.05) is 21.6 Å². The van der Waals surface area contributed by atoms with Crippen LogP contribution in [0.15, 0.2) is 13.2 Å². The molecule has 38 valence electrons. The first kappa shape index (κ1) is 9.67. The van der Waals surface area contributed by atoms with Crippen LogP contribution >= 0.6 is 21.6 Å². The third-order valence-corrected chi connectivity index (χ3v) is 1.50. The van der Waals surface area contributed by atoms with Crippen molar-refractivity contribution >= 4 is 21.6 Å². The quantitative estimate of drug-likeness (QED) is 0.387. The van der Waals surface area contributed by atoms with Gasteiger partial charge in [0.05, 0.1) is 0 Å². The van der Waals surface area contributed by atoms with Crippen molar-refractivity contribution in [3.8, 4) is 0 Å². The van der Waals surface area contributed by atoms with Crippen molar-refractivity contribution in [1.82, 2.24) is 0 Å². The fourth-order valence-corrected chi connectivity index (χ4v) is 0. The van der Waals surface area contributed by atoms with Gasteiger partial charge in [0.2, 0.25) is 0 Å². The molecule has 0 saturated heterocycles. The van der Waals surface area contributed by atoms with Gasteiger partial charge in [-0.25, -0.2) is 0 Å². The van der Waals surface area contributed by atoms with Crippen LogP contribution in [0.4, 0.5) is 0 Å². The molecule has 0 radical (unpaired) electrons. The van der Waals surface area contributed by atoms with Gasteiger partial charge >= 0.3 is 0 Å². The molecule has 0 heterocycles. The summed E-state index contributed by atoms with van der Waals surface area (Å²) in [7, 11) is 3.55. The van der Waals surface area contributed by atoms with Gasteiger partial charge in [-0.15, -0.1) is 13.2 Å². The highest BCUT2D eigenvalue weighted by molar-refractivity contribution is 8.76. The van der Waals surface area contributed by atoms with E-state index in [0.717, 1.165) is 0 Å². The Morgan fingerprint density at radius 3 is 1.17 bits per heavy atom. The standard InChI is InChI=1S/C2H6S2.C2H4/c1-3-4-2;1-2/h1-2H3;1-2H2. The van der Waals surface area contributed by atoms with Crippen molar-refractivity contribution in [1.29, 1.82) is 0 Å². The van der Waals surface area contributed by atoms with Gasteiger partial charge in [0.15, 0.2) is 0 Å². The lowest BCUT2D eigenvalue weighted by Crippen LogP contribution is -1.28. The minimum atomic E-state index is 1.77. The van der Waals surface area contributed by atoms with Gasteiger partial charge in [0.1, 0.15) is 0 Å². The molecule has 0 atom stereocenters. The maximum Gasteiger partial charge on any atom is -0.00793 e. The molecular formula is C4H10S2. The molecule has 0 aromatic carbocycles. The van der Waals surface area contributed by atoms with E-state index in [0.29, 0.717) is 0 Å². The third kappa shape index (κ3) is 25.3. The lowest BCUT2D eigenvalue weighted by Gasteiger charge is -1.69. The Balaban J connectivity index is 0. The van der Waals surface area contributed by atoms with Crippen molar-refractivity contribution in [3.63, 3.8) is 0 Å². The Hall–Kier alpha value is 0.440. The first-order valence-electron chi connectivity index (χ1n) is 1.48. The van der Waals surface area contributed by atoms with Crippen LogP contribution in [0.1, 0.15) is 0 Å². The number of hydrogen-bond acceptors (Lipinski definition) is 2. The van der Waals surface area contributed by atoms with E-state index in [9.17, 15) is 0 Å². The topological polar surface area (TPSA) is 0 Å². The lowest BCUT2D eigenvalue weighted by molar-refractivity contribution is 2.51. The Bertz CT molecular complexity index is 13.0. The number of rotatable bonds is 1. The van der Waals surface area contributed by atoms with E-state index in [2.05, 4.69) is 25.7 Å². The molecule has 0 aliphatic rings. The molecule has 0 fully saturated rings. The van der Waals surface area contributed by atoms with E-state index in [-0.39, 0.29) is 0 Å². The minimum Gasteiger partial charge on any atom is -0.106 e. The first-order chi connectivity index (χ1) is 2.91. The van der Waals surface area contributed by atoms with E-state index in [1.54, 1.807) is 21.6 Å². The molecule has 0 unspecified atom stereocenters. The molecule has 2 heteroatoms. The predicted molar refractivity (Wildman–Crippen MR) is 38.3 cm³/mol. The van der Waals surface area contributed by atoms with E-state index >= 15 is 0 Å². The fraction of sp³-hybridized carbons (Fsp3) is 0.500. The van der Waals surface area contributed by atoms with Gasteiger partial charge in [-0.2, -0.15) is 0 Å². The molecule has 6 heavy (non-hydrogen) atoms. The Kier molecular flexibility index (Phi) is 29.0. The molecule has 0 spiro atoms. The zero-order valence-corrected chi connectivity index (χ0v) is 5.86. The van der Waals surface area contributed by atoms with Crippen LogP contribution in [-0.4, -0.2) is 12.5 Å². The average molecular weight is 122 g/mol. The highest BCUT2D eigenvalue weighted by Crippen LogP contribution is 2.09. The second-order valence-electron chi connectivity index (χ2n) is 0.333. The van der Waals surface area contributed by atoms with Crippen LogP contribution in [-0.2, 0) is 0 Å². The summed E-state index contributed by atoms with van der Waals surface area (Å²) < 4.78 is 0. The van der Waals surface area contributed by atoms with E-state index < -0.39 is 0 Å². The smallest absolute Gasteiger partial charge is 0.00793 e. The van der Waals surface area contributed by atoms with Gasteiger partial charge < -0.3 is 0 Å². The Morgan fingerprint density at radius 1 is 1.00 bits per heavy atom. The van der Waals surface area contributed by atoms with E-state index in [1.165, 1.54) is 0 Å². The summed E-state index contributed by atoms with van der Waals surface area (Å²) in [5, 5.41) is 0. The summed E-state index contributed by atoms with van der Waals surface area (Å²) in [6.45, 7) is 6.00. The summed E-state index contributed by atoms with van der Waals surface area (Å²) in [6.07, 6.45) is 4.12. The van der Waals surface area contributed by atoms with Crippen LogP contribution in [0.2, 0.25) is 0 Å². The minimum absolute atomic E-state index is 1.77. The van der Waals surface area contributed by atoms with Gasteiger partial charge in [-0.3, -0.25) is 0 Å². The fourth-order valence-electron chi connectivity index (χ4n) is 0. The van der Waals surface area contributed by atoms with Crippen molar-refractivity contribution in [3.05, 3.63) is 13.2 Å². The second-order valence-corrected chi connectivity index (χ2v) is 3.00. The SMILES string of the molecule is C=C.CSSC. The van der Waals surface area contributed by atoms with E-state index in [4.69, 9.17) is 0 Å². The molecule has 0 saturated carbocycles. The summed E-state index contributed by atoms with van der Waals surface area (Å²) in [6, 6.07) is 0. The van der Waals surface area contributed by atoms with Gasteiger partial charge in [0, 0.05) is 0 Å². The predicted octanol–water partition coefficient (Wildman–Crippen LogP) is 2.43.